The van der Waals surface area contributed by atoms with Crippen molar-refractivity contribution in [3.63, 3.8) is 0 Å². The van der Waals surface area contributed by atoms with Gasteiger partial charge in [0.2, 0.25) is 5.91 Å². The molecular formula is C28H33F3N6O2. The Bertz CT molecular complexity index is 1210. The zero-order valence-corrected chi connectivity index (χ0v) is 21.7. The van der Waals surface area contributed by atoms with Gasteiger partial charge >= 0.3 is 6.18 Å². The molecule has 0 aliphatic carbocycles. The van der Waals surface area contributed by atoms with Crippen molar-refractivity contribution in [1.82, 2.24) is 25.1 Å². The fourth-order valence-electron chi connectivity index (χ4n) is 5.50. The van der Waals surface area contributed by atoms with Crippen molar-refractivity contribution >= 4 is 11.7 Å². The maximum Gasteiger partial charge on any atom is 0.416 e. The molecule has 2 aliphatic heterocycles. The Morgan fingerprint density at radius 1 is 1.05 bits per heavy atom. The van der Waals surface area contributed by atoms with Crippen LogP contribution in [0.2, 0.25) is 0 Å². The van der Waals surface area contributed by atoms with Crippen molar-refractivity contribution < 1.29 is 22.4 Å². The number of furan rings is 1. The van der Waals surface area contributed by atoms with Crippen molar-refractivity contribution in [3.05, 3.63) is 78.1 Å². The number of likely N-dealkylation sites (tertiary alicyclic amines) is 1. The maximum absolute atomic E-state index is 13.5. The zero-order valence-electron chi connectivity index (χ0n) is 21.7. The summed E-state index contributed by atoms with van der Waals surface area (Å²) in [5.74, 6) is 0.902. The summed E-state index contributed by atoms with van der Waals surface area (Å²) in [5, 5.41) is 3.42. The van der Waals surface area contributed by atoms with Crippen molar-refractivity contribution in [2.75, 3.05) is 57.3 Å². The molecule has 2 saturated heterocycles. The Labute approximate surface area is 225 Å². The lowest BCUT2D eigenvalue weighted by Crippen LogP contribution is -2.53. The fourth-order valence-corrected chi connectivity index (χ4v) is 5.50. The lowest BCUT2D eigenvalue weighted by molar-refractivity contribution is -0.137. The molecular weight excluding hydrogens is 509 g/mol. The van der Waals surface area contributed by atoms with E-state index in [1.54, 1.807) is 37.2 Å². The first kappa shape index (κ1) is 27.1. The molecule has 8 nitrogen and oxygen atoms in total. The Morgan fingerprint density at radius 3 is 2.51 bits per heavy atom. The largest absolute Gasteiger partial charge is 0.472 e. The molecule has 2 fully saturated rings. The van der Waals surface area contributed by atoms with Gasteiger partial charge < -0.3 is 19.5 Å². The van der Waals surface area contributed by atoms with Crippen LogP contribution in [0.1, 0.15) is 29.5 Å². The summed E-state index contributed by atoms with van der Waals surface area (Å²) in [6, 6.07) is 7.50. The second-order valence-electron chi connectivity index (χ2n) is 10.3. The van der Waals surface area contributed by atoms with Crippen LogP contribution in [0, 0.1) is 0 Å². The van der Waals surface area contributed by atoms with E-state index in [0.717, 1.165) is 43.6 Å². The third-order valence-electron chi connectivity index (χ3n) is 7.85. The SMILES string of the molecule is O=C(CN1CCN(c2cnccn2)CC1)N1CCC(CNCc2ccoc2)(c2cccc(C(F)(F)F)c2)CC1. The maximum atomic E-state index is 13.5. The van der Waals surface area contributed by atoms with Crippen LogP contribution in [0.4, 0.5) is 19.0 Å². The van der Waals surface area contributed by atoms with Crippen LogP contribution in [-0.2, 0) is 22.9 Å². The average Bonchev–Trinajstić information content (AvgIpc) is 3.47. The molecule has 0 radical (unpaired) electrons. The summed E-state index contributed by atoms with van der Waals surface area (Å²) in [5.41, 5.74) is 0.475. The molecule has 0 spiro atoms. The quantitative estimate of drug-likeness (QED) is 0.467. The first-order chi connectivity index (χ1) is 18.8. The number of nitrogens with zero attached hydrogens (tertiary/aromatic N) is 5. The molecule has 208 valence electrons. The molecule has 11 heteroatoms. The van der Waals surface area contributed by atoms with Crippen LogP contribution >= 0.6 is 0 Å². The Morgan fingerprint density at radius 2 is 1.85 bits per heavy atom. The zero-order chi connectivity index (χ0) is 27.3. The van der Waals surface area contributed by atoms with Crippen molar-refractivity contribution in [2.24, 2.45) is 0 Å². The number of rotatable bonds is 8. The third kappa shape index (κ3) is 6.59. The highest BCUT2D eigenvalue weighted by molar-refractivity contribution is 5.78. The minimum Gasteiger partial charge on any atom is -0.472 e. The number of carbonyl (C=O) groups excluding carboxylic acids is 1. The number of aromatic nitrogens is 2. The second-order valence-corrected chi connectivity index (χ2v) is 10.3. The van der Waals surface area contributed by atoms with Gasteiger partial charge in [-0.05, 0) is 30.5 Å². The first-order valence-electron chi connectivity index (χ1n) is 13.2. The van der Waals surface area contributed by atoms with Gasteiger partial charge in [0.15, 0.2) is 0 Å². The van der Waals surface area contributed by atoms with Gasteiger partial charge in [0.25, 0.3) is 0 Å². The highest BCUT2D eigenvalue weighted by Crippen LogP contribution is 2.38. The molecule has 0 bridgehead atoms. The molecule has 4 heterocycles. The highest BCUT2D eigenvalue weighted by Gasteiger charge is 2.39. The molecule has 2 aliphatic rings. The number of halogens is 3. The number of piperazine rings is 1. The van der Waals surface area contributed by atoms with Crippen molar-refractivity contribution in [2.45, 2.75) is 31.0 Å². The van der Waals surface area contributed by atoms with Gasteiger partial charge in [-0.25, -0.2) is 4.98 Å². The summed E-state index contributed by atoms with van der Waals surface area (Å²) in [6.45, 7) is 5.45. The summed E-state index contributed by atoms with van der Waals surface area (Å²) < 4.78 is 45.7. The van der Waals surface area contributed by atoms with Crippen LogP contribution in [0.25, 0.3) is 0 Å². The van der Waals surface area contributed by atoms with E-state index in [1.165, 1.54) is 12.1 Å². The molecule has 5 rings (SSSR count). The fraction of sp³-hybridized carbons (Fsp3) is 0.464. The molecule has 1 aromatic carbocycles. The summed E-state index contributed by atoms with van der Waals surface area (Å²) in [6.07, 6.45) is 5.07. The van der Waals surface area contributed by atoms with Crippen molar-refractivity contribution in [1.29, 1.82) is 0 Å². The number of anilines is 1. The second kappa shape index (κ2) is 11.7. The van der Waals surface area contributed by atoms with Gasteiger partial charge in [-0.2, -0.15) is 13.2 Å². The Hall–Kier alpha value is -3.44. The topological polar surface area (TPSA) is 77.7 Å². The monoisotopic (exact) mass is 542 g/mol. The summed E-state index contributed by atoms with van der Waals surface area (Å²) in [7, 11) is 0. The molecule has 2 aromatic heterocycles. The molecule has 0 atom stereocenters. The van der Waals surface area contributed by atoms with Gasteiger partial charge in [-0.15, -0.1) is 0 Å². The van der Waals surface area contributed by atoms with E-state index in [0.29, 0.717) is 51.1 Å². The van der Waals surface area contributed by atoms with Crippen LogP contribution in [0.15, 0.2) is 65.9 Å². The third-order valence-corrected chi connectivity index (χ3v) is 7.85. The number of hydrogen-bond donors (Lipinski definition) is 1. The smallest absolute Gasteiger partial charge is 0.416 e. The summed E-state index contributed by atoms with van der Waals surface area (Å²) in [4.78, 5) is 27.8. The van der Waals surface area contributed by atoms with E-state index in [2.05, 4.69) is 25.1 Å². The van der Waals surface area contributed by atoms with E-state index in [-0.39, 0.29) is 5.91 Å². The van der Waals surface area contributed by atoms with Gasteiger partial charge in [-0.1, -0.05) is 18.2 Å². The number of nitrogens with one attached hydrogen (secondary N) is 1. The van der Waals surface area contributed by atoms with Crippen LogP contribution in [0.5, 0.6) is 0 Å². The van der Waals surface area contributed by atoms with Gasteiger partial charge in [0, 0.05) is 75.7 Å². The standard InChI is InChI=1S/C28H33F3N6O2/c29-28(30,31)24-3-1-2-23(16-24)27(21-33-17-22-4-15-39-20-22)5-9-37(10-6-27)26(38)19-35-11-13-36(14-12-35)25-18-32-7-8-34-25/h1-4,7-8,15-16,18,20,33H,5-6,9-14,17,19,21H2. The van der Waals surface area contributed by atoms with E-state index < -0.39 is 17.2 Å². The average molecular weight is 543 g/mol. The molecule has 1 amide bonds. The highest BCUT2D eigenvalue weighted by atomic mass is 19.4. The molecule has 39 heavy (non-hydrogen) atoms. The predicted octanol–water partition coefficient (Wildman–Crippen LogP) is 3.56. The number of hydrogen-bond acceptors (Lipinski definition) is 7. The minimum atomic E-state index is -4.41. The molecule has 0 saturated carbocycles. The summed E-state index contributed by atoms with van der Waals surface area (Å²) >= 11 is 0. The lowest BCUT2D eigenvalue weighted by atomic mass is 9.72. The lowest BCUT2D eigenvalue weighted by Gasteiger charge is -2.43. The minimum absolute atomic E-state index is 0.0620. The normalized spacial score (nSPS) is 18.3. The molecule has 3 aromatic rings. The van der Waals surface area contributed by atoms with E-state index >= 15 is 0 Å². The van der Waals surface area contributed by atoms with Crippen molar-refractivity contribution in [3.8, 4) is 0 Å². The predicted molar refractivity (Wildman–Crippen MR) is 140 cm³/mol. The number of amides is 1. The number of alkyl halides is 3. The van der Waals surface area contributed by atoms with E-state index in [4.69, 9.17) is 4.42 Å². The van der Waals surface area contributed by atoms with Crippen LogP contribution in [0.3, 0.4) is 0 Å². The van der Waals surface area contributed by atoms with Crippen LogP contribution < -0.4 is 10.2 Å². The van der Waals surface area contributed by atoms with Crippen LogP contribution in [-0.4, -0.2) is 78.0 Å². The van der Waals surface area contributed by atoms with Gasteiger partial charge in [-0.3, -0.25) is 14.7 Å². The Kier molecular flexibility index (Phi) is 8.18. The molecule has 0 unspecified atom stereocenters. The number of benzene rings is 1. The molecule has 1 N–H and O–H groups in total. The first-order valence-corrected chi connectivity index (χ1v) is 13.2. The van der Waals surface area contributed by atoms with E-state index in [9.17, 15) is 18.0 Å². The van der Waals surface area contributed by atoms with Gasteiger partial charge in [0.1, 0.15) is 5.82 Å². The number of carbonyl (C=O) groups is 1. The van der Waals surface area contributed by atoms with E-state index in [1.807, 2.05) is 11.0 Å². The number of piperidine rings is 1. The Balaban J connectivity index is 1.20. The van der Waals surface area contributed by atoms with Gasteiger partial charge in [0.05, 0.1) is 30.8 Å².